The van der Waals surface area contributed by atoms with Crippen molar-refractivity contribution in [3.63, 3.8) is 0 Å². The Kier molecular flexibility index (Phi) is 5.92. The molecule has 1 aromatic carbocycles. The lowest BCUT2D eigenvalue weighted by atomic mass is 9.96. The van der Waals surface area contributed by atoms with Gasteiger partial charge in [-0.05, 0) is 61.8 Å². The fraction of sp³-hybridized carbons (Fsp3) is 0.381. The Morgan fingerprint density at radius 2 is 2.00 bits per heavy atom. The summed E-state index contributed by atoms with van der Waals surface area (Å²) in [4.78, 5) is 25.3. The van der Waals surface area contributed by atoms with Gasteiger partial charge in [0.1, 0.15) is 11.1 Å². The molecular weight excluding hydrogens is 360 g/mol. The number of carbonyl (C=O) groups is 2. The van der Waals surface area contributed by atoms with E-state index in [0.29, 0.717) is 10.6 Å². The molecule has 0 bridgehead atoms. The largest absolute Gasteiger partial charge is 0.455 e. The van der Waals surface area contributed by atoms with Crippen LogP contribution in [0.3, 0.4) is 0 Å². The molecular formula is C21H22N2O3S. The normalized spacial score (nSPS) is 12.8. The predicted octanol–water partition coefficient (Wildman–Crippen LogP) is 3.84. The molecule has 1 N–H and O–H groups in total. The van der Waals surface area contributed by atoms with E-state index in [1.165, 1.54) is 21.8 Å². The molecule has 1 aliphatic rings. The van der Waals surface area contributed by atoms with Crippen molar-refractivity contribution in [2.75, 3.05) is 11.9 Å². The number of hydrogen-bond donors (Lipinski definition) is 1. The molecule has 0 spiro atoms. The van der Waals surface area contributed by atoms with E-state index in [-0.39, 0.29) is 13.0 Å². The maximum Gasteiger partial charge on any atom is 0.310 e. The van der Waals surface area contributed by atoms with Crippen LogP contribution in [0, 0.1) is 25.2 Å². The number of nitrogens with one attached hydrogen (secondary N) is 1. The van der Waals surface area contributed by atoms with E-state index in [2.05, 4.69) is 11.4 Å². The van der Waals surface area contributed by atoms with Gasteiger partial charge in [-0.1, -0.05) is 18.2 Å². The summed E-state index contributed by atoms with van der Waals surface area (Å²) in [6, 6.07) is 8.01. The highest BCUT2D eigenvalue weighted by atomic mass is 32.1. The van der Waals surface area contributed by atoms with Crippen LogP contribution in [0.1, 0.15) is 45.5 Å². The highest BCUT2D eigenvalue weighted by Gasteiger charge is 2.22. The Balaban J connectivity index is 1.55. The Bertz CT molecular complexity index is 924. The lowest BCUT2D eigenvalue weighted by Crippen LogP contribution is -2.21. The van der Waals surface area contributed by atoms with Crippen LogP contribution in [0.15, 0.2) is 18.2 Å². The molecule has 0 atom stereocenters. The minimum atomic E-state index is -0.445. The molecule has 0 aliphatic heterocycles. The van der Waals surface area contributed by atoms with Crippen molar-refractivity contribution in [2.24, 2.45) is 0 Å². The molecule has 2 aromatic rings. The van der Waals surface area contributed by atoms with Gasteiger partial charge in [0.25, 0.3) is 5.91 Å². The zero-order valence-corrected chi connectivity index (χ0v) is 16.4. The second-order valence-electron chi connectivity index (χ2n) is 6.83. The van der Waals surface area contributed by atoms with E-state index in [9.17, 15) is 14.9 Å². The molecule has 0 radical (unpaired) electrons. The van der Waals surface area contributed by atoms with Crippen molar-refractivity contribution < 1.29 is 14.3 Å². The SMILES string of the molecule is Cc1ccc(CC(=O)OCC(=O)Nc2sc3c(c2C#N)CCCC3)cc1C. The molecule has 0 fully saturated rings. The van der Waals surface area contributed by atoms with Gasteiger partial charge in [0.15, 0.2) is 6.61 Å². The van der Waals surface area contributed by atoms with Crippen LogP contribution in [-0.2, 0) is 33.6 Å². The van der Waals surface area contributed by atoms with Crippen molar-refractivity contribution in [3.8, 4) is 6.07 Å². The van der Waals surface area contributed by atoms with Crippen LogP contribution in [0.25, 0.3) is 0 Å². The van der Waals surface area contributed by atoms with E-state index in [1.807, 2.05) is 32.0 Å². The summed E-state index contributed by atoms with van der Waals surface area (Å²) in [5.41, 5.74) is 4.77. The molecule has 6 heteroatoms. The van der Waals surface area contributed by atoms with Crippen molar-refractivity contribution in [3.05, 3.63) is 50.9 Å². The number of nitriles is 1. The van der Waals surface area contributed by atoms with Gasteiger partial charge < -0.3 is 10.1 Å². The topological polar surface area (TPSA) is 79.2 Å². The zero-order valence-electron chi connectivity index (χ0n) is 15.6. The maximum absolute atomic E-state index is 12.2. The second-order valence-corrected chi connectivity index (χ2v) is 7.94. The smallest absolute Gasteiger partial charge is 0.310 e. The molecule has 0 saturated heterocycles. The average molecular weight is 382 g/mol. The highest BCUT2D eigenvalue weighted by molar-refractivity contribution is 7.16. The van der Waals surface area contributed by atoms with Gasteiger partial charge in [-0.3, -0.25) is 9.59 Å². The van der Waals surface area contributed by atoms with Crippen LogP contribution < -0.4 is 5.32 Å². The van der Waals surface area contributed by atoms with E-state index in [1.54, 1.807) is 0 Å². The molecule has 27 heavy (non-hydrogen) atoms. The number of thiophene rings is 1. The summed E-state index contributed by atoms with van der Waals surface area (Å²) in [6.07, 6.45) is 4.15. The third-order valence-corrected chi connectivity index (χ3v) is 6.03. The second kappa shape index (κ2) is 8.36. The standard InChI is InChI=1S/C21H22N2O3S/c1-13-7-8-15(9-14(13)2)10-20(25)26-12-19(24)23-21-17(11-22)16-5-3-4-6-18(16)27-21/h7-9H,3-6,10,12H2,1-2H3,(H,23,24). The number of nitrogens with zero attached hydrogens (tertiary/aromatic N) is 1. The monoisotopic (exact) mass is 382 g/mol. The first-order valence-electron chi connectivity index (χ1n) is 9.04. The number of fused-ring (bicyclic) bond motifs is 1. The predicted molar refractivity (Wildman–Crippen MR) is 105 cm³/mol. The summed E-state index contributed by atoms with van der Waals surface area (Å²) in [5.74, 6) is -0.863. The van der Waals surface area contributed by atoms with Crippen molar-refractivity contribution in [2.45, 2.75) is 46.0 Å². The van der Waals surface area contributed by atoms with Crippen LogP contribution in [0.5, 0.6) is 0 Å². The van der Waals surface area contributed by atoms with E-state index < -0.39 is 11.9 Å². The van der Waals surface area contributed by atoms with E-state index >= 15 is 0 Å². The minimum absolute atomic E-state index is 0.130. The van der Waals surface area contributed by atoms with Gasteiger partial charge in [0, 0.05) is 4.88 Å². The fourth-order valence-corrected chi connectivity index (χ4v) is 4.47. The van der Waals surface area contributed by atoms with Gasteiger partial charge in [-0.25, -0.2) is 0 Å². The average Bonchev–Trinajstić information content (AvgIpc) is 3.00. The number of carbonyl (C=O) groups excluding carboxylic acids is 2. The zero-order chi connectivity index (χ0) is 19.4. The Morgan fingerprint density at radius 1 is 1.22 bits per heavy atom. The van der Waals surface area contributed by atoms with Crippen LogP contribution in [0.4, 0.5) is 5.00 Å². The molecule has 0 unspecified atom stereocenters. The third-order valence-electron chi connectivity index (χ3n) is 4.82. The van der Waals surface area contributed by atoms with Crippen LogP contribution in [0.2, 0.25) is 0 Å². The van der Waals surface area contributed by atoms with Gasteiger partial charge in [-0.15, -0.1) is 11.3 Å². The molecule has 0 saturated carbocycles. The highest BCUT2D eigenvalue weighted by Crippen LogP contribution is 2.37. The number of aryl methyl sites for hydroxylation is 3. The summed E-state index contributed by atoms with van der Waals surface area (Å²) in [5, 5.41) is 12.7. The number of amides is 1. The summed E-state index contributed by atoms with van der Waals surface area (Å²) in [7, 11) is 0. The first kappa shape index (κ1) is 19.1. The van der Waals surface area contributed by atoms with Gasteiger partial charge >= 0.3 is 5.97 Å². The molecule has 1 aromatic heterocycles. The minimum Gasteiger partial charge on any atom is -0.455 e. The lowest BCUT2D eigenvalue weighted by Gasteiger charge is -2.09. The van der Waals surface area contributed by atoms with Gasteiger partial charge in [0.2, 0.25) is 0 Å². The summed E-state index contributed by atoms with van der Waals surface area (Å²) >= 11 is 1.46. The third kappa shape index (κ3) is 4.55. The maximum atomic E-state index is 12.2. The van der Waals surface area contributed by atoms with Crippen molar-refractivity contribution in [1.29, 1.82) is 5.26 Å². The number of benzene rings is 1. The summed E-state index contributed by atoms with van der Waals surface area (Å²) < 4.78 is 5.10. The van der Waals surface area contributed by atoms with Gasteiger partial charge in [-0.2, -0.15) is 5.26 Å². The van der Waals surface area contributed by atoms with E-state index in [0.717, 1.165) is 42.4 Å². The molecule has 140 valence electrons. The molecule has 1 amide bonds. The Hall–Kier alpha value is -2.65. The number of ether oxygens (including phenoxy) is 1. The molecule has 1 aliphatic carbocycles. The Labute approximate surface area is 163 Å². The summed E-state index contributed by atoms with van der Waals surface area (Å²) in [6.45, 7) is 3.65. The quantitative estimate of drug-likeness (QED) is 0.797. The number of rotatable bonds is 5. The van der Waals surface area contributed by atoms with Crippen LogP contribution in [-0.4, -0.2) is 18.5 Å². The number of esters is 1. The number of hydrogen-bond acceptors (Lipinski definition) is 5. The van der Waals surface area contributed by atoms with E-state index in [4.69, 9.17) is 4.74 Å². The van der Waals surface area contributed by atoms with Gasteiger partial charge in [0.05, 0.1) is 12.0 Å². The Morgan fingerprint density at radius 3 is 2.74 bits per heavy atom. The van der Waals surface area contributed by atoms with Crippen LogP contribution >= 0.6 is 11.3 Å². The van der Waals surface area contributed by atoms with Crippen molar-refractivity contribution in [1.82, 2.24) is 0 Å². The first-order chi connectivity index (χ1) is 13.0. The lowest BCUT2D eigenvalue weighted by molar-refractivity contribution is -0.146. The molecule has 5 nitrogen and oxygen atoms in total. The number of anilines is 1. The first-order valence-corrected chi connectivity index (χ1v) is 9.86. The molecule has 1 heterocycles. The van der Waals surface area contributed by atoms with Crippen molar-refractivity contribution >= 4 is 28.2 Å². The fourth-order valence-electron chi connectivity index (χ4n) is 3.21. The molecule has 3 rings (SSSR count).